The molecule has 154 valence electrons. The molecule has 2 aliphatic rings. The molecule has 0 radical (unpaired) electrons. The van der Waals surface area contributed by atoms with Gasteiger partial charge in [0.25, 0.3) is 5.91 Å². The number of amides is 3. The zero-order chi connectivity index (χ0) is 21.1. The molecule has 3 amide bonds. The minimum absolute atomic E-state index is 0.121. The van der Waals surface area contributed by atoms with Gasteiger partial charge in [0.05, 0.1) is 23.0 Å². The van der Waals surface area contributed by atoms with Crippen molar-refractivity contribution in [3.05, 3.63) is 65.2 Å². The number of anilines is 1. The molecule has 1 fully saturated rings. The molecule has 2 aromatic rings. The van der Waals surface area contributed by atoms with Gasteiger partial charge in [-0.25, -0.2) is 0 Å². The van der Waals surface area contributed by atoms with Gasteiger partial charge in [0.1, 0.15) is 6.04 Å². The number of nitrogens with zero attached hydrogens (tertiary/aromatic N) is 1. The predicted octanol–water partition coefficient (Wildman–Crippen LogP) is 2.87. The van der Waals surface area contributed by atoms with Crippen molar-refractivity contribution in [2.45, 2.75) is 18.5 Å². The molecule has 0 aliphatic carbocycles. The van der Waals surface area contributed by atoms with Gasteiger partial charge in [0.2, 0.25) is 11.8 Å². The highest BCUT2D eigenvalue weighted by Crippen LogP contribution is 2.30. The van der Waals surface area contributed by atoms with E-state index in [0.29, 0.717) is 30.0 Å². The average molecular weight is 422 g/mol. The van der Waals surface area contributed by atoms with Crippen LogP contribution in [0.15, 0.2) is 48.5 Å². The largest absolute Gasteiger partial charge is 0.350 e. The maximum Gasteiger partial charge on any atom is 0.256 e. The van der Waals surface area contributed by atoms with E-state index < -0.39 is 6.04 Å². The van der Waals surface area contributed by atoms with Crippen LogP contribution in [0.4, 0.5) is 5.69 Å². The first kappa shape index (κ1) is 20.2. The molecule has 0 aromatic heterocycles. The van der Waals surface area contributed by atoms with Crippen molar-refractivity contribution in [1.29, 1.82) is 0 Å². The summed E-state index contributed by atoms with van der Waals surface area (Å²) in [5.74, 6) is -0.243. The molecular formula is C23H23N3O3S. The second-order valence-corrected chi connectivity index (χ2v) is 8.24. The van der Waals surface area contributed by atoms with Gasteiger partial charge >= 0.3 is 0 Å². The van der Waals surface area contributed by atoms with Gasteiger partial charge in [-0.05, 0) is 35.9 Å². The Kier molecular flexibility index (Phi) is 5.90. The highest BCUT2D eigenvalue weighted by atomic mass is 32.2. The summed E-state index contributed by atoms with van der Waals surface area (Å²) in [5, 5.41) is 5.79. The summed E-state index contributed by atoms with van der Waals surface area (Å²) in [6.07, 6.45) is 6.34. The van der Waals surface area contributed by atoms with E-state index in [2.05, 4.69) is 10.6 Å². The topological polar surface area (TPSA) is 78.5 Å². The van der Waals surface area contributed by atoms with Crippen molar-refractivity contribution < 1.29 is 14.4 Å². The van der Waals surface area contributed by atoms with Crippen molar-refractivity contribution in [2.75, 3.05) is 23.9 Å². The lowest BCUT2D eigenvalue weighted by atomic mass is 10.1. The van der Waals surface area contributed by atoms with E-state index in [-0.39, 0.29) is 23.8 Å². The number of fused-ring (bicyclic) bond motifs is 2. The molecule has 2 aromatic carbocycles. The molecule has 30 heavy (non-hydrogen) atoms. The van der Waals surface area contributed by atoms with E-state index in [1.807, 2.05) is 54.8 Å². The Morgan fingerprint density at radius 2 is 1.93 bits per heavy atom. The highest BCUT2D eigenvalue weighted by molar-refractivity contribution is 7.99. The van der Waals surface area contributed by atoms with Crippen LogP contribution in [-0.2, 0) is 9.59 Å². The fraction of sp³-hybridized carbons (Fsp3) is 0.261. The zero-order valence-corrected chi connectivity index (χ0v) is 17.4. The number of thioether (sulfide) groups is 1. The standard InChI is InChI=1S/C23H23N3O3S/c1-30-14-20(27)24-19-11-12-26-21(19)22(28)25-18-10-9-16(13-17(18)23(26)29)8-7-15-5-3-2-4-6-15/h2-10,13,19,21H,11-12,14H2,1H3,(H,24,27)(H,25,28)/t19-,21+/m1/s1. The molecule has 0 spiro atoms. The lowest BCUT2D eigenvalue weighted by Gasteiger charge is -2.24. The number of benzene rings is 2. The third kappa shape index (κ3) is 4.11. The van der Waals surface area contributed by atoms with Gasteiger partial charge in [-0.15, -0.1) is 0 Å². The minimum atomic E-state index is -0.695. The average Bonchev–Trinajstić information content (AvgIpc) is 3.12. The fourth-order valence-corrected chi connectivity index (χ4v) is 4.29. The molecule has 1 saturated heterocycles. The van der Waals surface area contributed by atoms with Crippen LogP contribution in [0, 0.1) is 0 Å². The lowest BCUT2D eigenvalue weighted by molar-refractivity contribution is -0.122. The Morgan fingerprint density at radius 1 is 1.17 bits per heavy atom. The van der Waals surface area contributed by atoms with Crippen LogP contribution in [-0.4, -0.2) is 53.3 Å². The Morgan fingerprint density at radius 3 is 2.70 bits per heavy atom. The summed E-state index contributed by atoms with van der Waals surface area (Å²) in [6, 6.07) is 14.3. The summed E-state index contributed by atoms with van der Waals surface area (Å²) >= 11 is 1.42. The number of rotatable bonds is 5. The quantitative estimate of drug-likeness (QED) is 0.728. The van der Waals surface area contributed by atoms with Crippen LogP contribution in [0.5, 0.6) is 0 Å². The van der Waals surface area contributed by atoms with Gasteiger partial charge in [0, 0.05) is 6.54 Å². The molecule has 2 N–H and O–H groups in total. The maximum absolute atomic E-state index is 13.2. The van der Waals surface area contributed by atoms with E-state index in [1.54, 1.807) is 17.0 Å². The van der Waals surface area contributed by atoms with Crippen LogP contribution in [0.2, 0.25) is 0 Å². The molecule has 7 heteroatoms. The number of carbonyl (C=O) groups is 3. The van der Waals surface area contributed by atoms with Crippen molar-refractivity contribution in [2.24, 2.45) is 0 Å². The number of carbonyl (C=O) groups excluding carboxylic acids is 3. The lowest BCUT2D eigenvalue weighted by Crippen LogP contribution is -2.51. The summed E-state index contributed by atoms with van der Waals surface area (Å²) in [6.45, 7) is 0.435. The second-order valence-electron chi connectivity index (χ2n) is 7.38. The normalized spacial score (nSPS) is 20.5. The number of hydrogen-bond acceptors (Lipinski definition) is 4. The van der Waals surface area contributed by atoms with E-state index in [9.17, 15) is 14.4 Å². The molecule has 0 bridgehead atoms. The summed E-state index contributed by atoms with van der Waals surface area (Å²) in [5.41, 5.74) is 2.92. The summed E-state index contributed by atoms with van der Waals surface area (Å²) in [7, 11) is 0. The first-order chi connectivity index (χ1) is 14.6. The van der Waals surface area contributed by atoms with Crippen molar-refractivity contribution in [3.8, 4) is 0 Å². The third-order valence-corrected chi connectivity index (χ3v) is 5.90. The Bertz CT molecular complexity index is 1010. The van der Waals surface area contributed by atoms with Gasteiger partial charge in [-0.1, -0.05) is 48.6 Å². The van der Waals surface area contributed by atoms with Gasteiger partial charge in [-0.2, -0.15) is 11.8 Å². The fourth-order valence-electron chi connectivity index (χ4n) is 3.94. The third-order valence-electron chi connectivity index (χ3n) is 5.35. The Balaban J connectivity index is 1.58. The minimum Gasteiger partial charge on any atom is -0.350 e. The van der Waals surface area contributed by atoms with E-state index >= 15 is 0 Å². The van der Waals surface area contributed by atoms with E-state index in [1.165, 1.54) is 11.8 Å². The zero-order valence-electron chi connectivity index (χ0n) is 16.6. The van der Waals surface area contributed by atoms with Crippen LogP contribution >= 0.6 is 11.8 Å². The molecular weight excluding hydrogens is 398 g/mol. The van der Waals surface area contributed by atoms with Gasteiger partial charge in [0.15, 0.2) is 0 Å². The van der Waals surface area contributed by atoms with Crippen molar-refractivity contribution >= 4 is 47.3 Å². The highest BCUT2D eigenvalue weighted by Gasteiger charge is 2.45. The molecule has 2 aliphatic heterocycles. The SMILES string of the molecule is CSCC(=O)N[C@@H]1CCN2C(=O)c3cc(C=Cc4ccccc4)ccc3NC(=O)[C@H]12. The predicted molar refractivity (Wildman–Crippen MR) is 120 cm³/mol. The van der Waals surface area contributed by atoms with Crippen LogP contribution in [0.3, 0.4) is 0 Å². The van der Waals surface area contributed by atoms with Crippen LogP contribution in [0.25, 0.3) is 12.2 Å². The summed E-state index contributed by atoms with van der Waals surface area (Å²) < 4.78 is 0. The molecule has 0 unspecified atom stereocenters. The van der Waals surface area contributed by atoms with Crippen molar-refractivity contribution in [1.82, 2.24) is 10.2 Å². The van der Waals surface area contributed by atoms with Crippen molar-refractivity contribution in [3.63, 3.8) is 0 Å². The monoisotopic (exact) mass is 421 g/mol. The van der Waals surface area contributed by atoms with Crippen LogP contribution in [0.1, 0.15) is 27.9 Å². The molecule has 2 atom stereocenters. The first-order valence-corrected chi connectivity index (χ1v) is 11.2. The molecule has 6 nitrogen and oxygen atoms in total. The van der Waals surface area contributed by atoms with Gasteiger partial charge < -0.3 is 15.5 Å². The summed E-state index contributed by atoms with van der Waals surface area (Å²) in [4.78, 5) is 39.7. The first-order valence-electron chi connectivity index (χ1n) is 9.84. The molecule has 0 saturated carbocycles. The Hall–Kier alpha value is -3.06. The number of hydrogen-bond donors (Lipinski definition) is 2. The van der Waals surface area contributed by atoms with E-state index in [0.717, 1.165) is 11.1 Å². The van der Waals surface area contributed by atoms with E-state index in [4.69, 9.17) is 0 Å². The molecule has 2 heterocycles. The Labute approximate surface area is 179 Å². The maximum atomic E-state index is 13.2. The van der Waals surface area contributed by atoms with Crippen LogP contribution < -0.4 is 10.6 Å². The van der Waals surface area contributed by atoms with Gasteiger partial charge in [-0.3, -0.25) is 14.4 Å². The second kappa shape index (κ2) is 8.75. The molecule has 4 rings (SSSR count). The number of nitrogens with one attached hydrogen (secondary N) is 2. The smallest absolute Gasteiger partial charge is 0.256 e.